The number of hydrazine groups is 1. The Balaban J connectivity index is 1.96. The fourth-order valence-electron chi connectivity index (χ4n) is 4.23. The van der Waals surface area contributed by atoms with E-state index < -0.39 is 0 Å². The third kappa shape index (κ3) is 2.73. The van der Waals surface area contributed by atoms with Gasteiger partial charge in [0.15, 0.2) is 0 Å². The first-order valence-corrected chi connectivity index (χ1v) is 8.12. The summed E-state index contributed by atoms with van der Waals surface area (Å²) in [4.78, 5) is 2.63. The van der Waals surface area contributed by atoms with Crippen LogP contribution in [-0.4, -0.2) is 36.7 Å². The summed E-state index contributed by atoms with van der Waals surface area (Å²) in [6, 6.07) is 8.82. The Kier molecular flexibility index (Phi) is 4.60. The summed E-state index contributed by atoms with van der Waals surface area (Å²) in [7, 11) is 0. The summed E-state index contributed by atoms with van der Waals surface area (Å²) in [5.41, 5.74) is 5.96. The van der Waals surface area contributed by atoms with E-state index in [4.69, 9.17) is 10.6 Å². The molecule has 3 N–H and O–H groups in total. The molecule has 1 unspecified atom stereocenters. The van der Waals surface area contributed by atoms with Crippen LogP contribution in [0.5, 0.6) is 0 Å². The van der Waals surface area contributed by atoms with E-state index in [0.717, 1.165) is 26.3 Å². The zero-order valence-electron chi connectivity index (χ0n) is 13.0. The third-order valence-corrected chi connectivity index (χ3v) is 5.31. The van der Waals surface area contributed by atoms with Gasteiger partial charge in [0, 0.05) is 18.6 Å². The minimum absolute atomic E-state index is 0.143. The van der Waals surface area contributed by atoms with Crippen molar-refractivity contribution in [2.45, 2.75) is 44.2 Å². The number of benzene rings is 1. The molecule has 4 heteroatoms. The number of ether oxygens (including phenoxy) is 1. The largest absolute Gasteiger partial charge is 0.379 e. The lowest BCUT2D eigenvalue weighted by Crippen LogP contribution is -2.59. The lowest BCUT2D eigenvalue weighted by Gasteiger charge is -2.48. The maximum atomic E-state index is 6.04. The van der Waals surface area contributed by atoms with Crippen LogP contribution >= 0.6 is 0 Å². The van der Waals surface area contributed by atoms with Crippen LogP contribution in [0.3, 0.4) is 0 Å². The summed E-state index contributed by atoms with van der Waals surface area (Å²) >= 11 is 0. The molecule has 2 aliphatic rings. The Bertz CT molecular complexity index is 465. The maximum Gasteiger partial charge on any atom is 0.0646 e. The monoisotopic (exact) mass is 289 g/mol. The summed E-state index contributed by atoms with van der Waals surface area (Å²) in [6.07, 6.45) is 5.02. The van der Waals surface area contributed by atoms with Crippen molar-refractivity contribution in [3.8, 4) is 0 Å². The highest BCUT2D eigenvalue weighted by Crippen LogP contribution is 2.45. The highest BCUT2D eigenvalue weighted by molar-refractivity contribution is 5.32. The molecular formula is C17H27N3O. The Morgan fingerprint density at radius 2 is 1.86 bits per heavy atom. The average Bonchev–Trinajstić information content (AvgIpc) is 3.01. The Hall–Kier alpha value is -0.940. The van der Waals surface area contributed by atoms with Gasteiger partial charge in [-0.1, -0.05) is 37.1 Å². The molecular weight excluding hydrogens is 262 g/mol. The molecule has 21 heavy (non-hydrogen) atoms. The Morgan fingerprint density at radius 1 is 1.19 bits per heavy atom. The van der Waals surface area contributed by atoms with Crippen LogP contribution in [0.25, 0.3) is 0 Å². The van der Waals surface area contributed by atoms with E-state index in [9.17, 15) is 0 Å². The predicted molar refractivity (Wildman–Crippen MR) is 84.8 cm³/mol. The van der Waals surface area contributed by atoms with E-state index in [0.29, 0.717) is 0 Å². The van der Waals surface area contributed by atoms with Gasteiger partial charge in [-0.25, -0.2) is 0 Å². The summed E-state index contributed by atoms with van der Waals surface area (Å²) in [5, 5.41) is 0. The number of nitrogens with one attached hydrogen (secondary N) is 1. The van der Waals surface area contributed by atoms with Gasteiger partial charge >= 0.3 is 0 Å². The molecule has 0 amide bonds. The van der Waals surface area contributed by atoms with E-state index in [-0.39, 0.29) is 11.6 Å². The van der Waals surface area contributed by atoms with E-state index in [2.05, 4.69) is 41.5 Å². The highest BCUT2D eigenvalue weighted by Gasteiger charge is 2.46. The minimum Gasteiger partial charge on any atom is -0.379 e. The van der Waals surface area contributed by atoms with Crippen molar-refractivity contribution in [1.29, 1.82) is 0 Å². The fourth-order valence-corrected chi connectivity index (χ4v) is 4.23. The Morgan fingerprint density at radius 3 is 2.48 bits per heavy atom. The van der Waals surface area contributed by atoms with Gasteiger partial charge in [-0.3, -0.25) is 16.2 Å². The lowest BCUT2D eigenvalue weighted by atomic mass is 9.80. The fraction of sp³-hybridized carbons (Fsp3) is 0.647. The molecule has 0 radical (unpaired) electrons. The van der Waals surface area contributed by atoms with Crippen molar-refractivity contribution in [1.82, 2.24) is 10.3 Å². The molecule has 1 aliphatic heterocycles. The molecule has 1 heterocycles. The minimum atomic E-state index is 0.143. The van der Waals surface area contributed by atoms with Crippen molar-refractivity contribution < 1.29 is 4.74 Å². The highest BCUT2D eigenvalue weighted by atomic mass is 16.5. The normalized spacial score (nSPS) is 24.1. The van der Waals surface area contributed by atoms with Crippen molar-refractivity contribution in [2.24, 2.45) is 5.84 Å². The SMILES string of the molecule is Cc1ccccc1C(NN)C1(N2CCOCC2)CCCC1. The van der Waals surface area contributed by atoms with Crippen LogP contribution in [0, 0.1) is 6.92 Å². The zero-order chi connectivity index (χ0) is 14.7. The number of nitrogens with zero attached hydrogens (tertiary/aromatic N) is 1. The second-order valence-electron chi connectivity index (χ2n) is 6.37. The van der Waals surface area contributed by atoms with E-state index >= 15 is 0 Å². The number of hydrogen-bond donors (Lipinski definition) is 2. The predicted octanol–water partition coefficient (Wildman–Crippen LogP) is 2.14. The van der Waals surface area contributed by atoms with Gasteiger partial charge in [-0.15, -0.1) is 0 Å². The molecule has 1 aromatic rings. The standard InChI is InChI=1S/C17H27N3O/c1-14-6-2-3-7-15(14)16(19-18)17(8-4-5-9-17)20-10-12-21-13-11-20/h2-3,6-7,16,19H,4-5,8-13,18H2,1H3. The van der Waals surface area contributed by atoms with Gasteiger partial charge in [-0.2, -0.15) is 0 Å². The molecule has 4 nitrogen and oxygen atoms in total. The third-order valence-electron chi connectivity index (χ3n) is 5.31. The van der Waals surface area contributed by atoms with Gasteiger partial charge in [0.05, 0.1) is 19.3 Å². The van der Waals surface area contributed by atoms with Crippen molar-refractivity contribution >= 4 is 0 Å². The smallest absolute Gasteiger partial charge is 0.0646 e. The molecule has 116 valence electrons. The molecule has 1 atom stereocenters. The second-order valence-corrected chi connectivity index (χ2v) is 6.37. The molecule has 1 saturated carbocycles. The topological polar surface area (TPSA) is 50.5 Å². The van der Waals surface area contributed by atoms with Crippen LogP contribution in [0.15, 0.2) is 24.3 Å². The first kappa shape index (κ1) is 15.0. The summed E-state index contributed by atoms with van der Waals surface area (Å²) in [5.74, 6) is 6.04. The molecule has 1 aliphatic carbocycles. The number of nitrogens with two attached hydrogens (primary N) is 1. The first-order valence-electron chi connectivity index (χ1n) is 8.12. The Labute approximate surface area is 127 Å². The van der Waals surface area contributed by atoms with E-state index in [1.54, 1.807) is 0 Å². The molecule has 0 aromatic heterocycles. The molecule has 0 spiro atoms. The molecule has 1 saturated heterocycles. The summed E-state index contributed by atoms with van der Waals surface area (Å²) < 4.78 is 5.55. The number of hydrogen-bond acceptors (Lipinski definition) is 4. The molecule has 3 rings (SSSR count). The van der Waals surface area contributed by atoms with Gasteiger partial charge in [-0.05, 0) is 30.9 Å². The van der Waals surface area contributed by atoms with Crippen LogP contribution in [0.1, 0.15) is 42.9 Å². The van der Waals surface area contributed by atoms with Crippen LogP contribution < -0.4 is 11.3 Å². The van der Waals surface area contributed by atoms with Crippen LogP contribution in [0.2, 0.25) is 0 Å². The second kappa shape index (κ2) is 6.44. The summed E-state index contributed by atoms with van der Waals surface area (Å²) in [6.45, 7) is 5.90. The van der Waals surface area contributed by atoms with Crippen LogP contribution in [0.4, 0.5) is 0 Å². The van der Waals surface area contributed by atoms with Crippen molar-refractivity contribution in [2.75, 3.05) is 26.3 Å². The van der Waals surface area contributed by atoms with Gasteiger partial charge in [0.25, 0.3) is 0 Å². The quantitative estimate of drug-likeness (QED) is 0.659. The number of rotatable bonds is 4. The average molecular weight is 289 g/mol. The van der Waals surface area contributed by atoms with E-state index in [1.165, 1.54) is 36.8 Å². The van der Waals surface area contributed by atoms with Gasteiger partial charge in [0.1, 0.15) is 0 Å². The maximum absolute atomic E-state index is 6.04. The van der Waals surface area contributed by atoms with Gasteiger partial charge < -0.3 is 4.74 Å². The number of morpholine rings is 1. The molecule has 0 bridgehead atoms. The number of aryl methyl sites for hydroxylation is 1. The van der Waals surface area contributed by atoms with Crippen LogP contribution in [-0.2, 0) is 4.74 Å². The van der Waals surface area contributed by atoms with E-state index in [1.807, 2.05) is 0 Å². The van der Waals surface area contributed by atoms with Gasteiger partial charge in [0.2, 0.25) is 0 Å². The first-order chi connectivity index (χ1) is 10.3. The molecule has 2 fully saturated rings. The van der Waals surface area contributed by atoms with Crippen molar-refractivity contribution in [3.05, 3.63) is 35.4 Å². The molecule has 1 aromatic carbocycles. The van der Waals surface area contributed by atoms with Crippen molar-refractivity contribution in [3.63, 3.8) is 0 Å². The lowest BCUT2D eigenvalue weighted by molar-refractivity contribution is -0.0365. The zero-order valence-corrected chi connectivity index (χ0v) is 13.0.